The smallest absolute Gasteiger partial charge is 0.120 e. The molecular formula is C20H29NO. The van der Waals surface area contributed by atoms with Gasteiger partial charge in [0.25, 0.3) is 0 Å². The molecule has 1 aromatic carbocycles. The second kappa shape index (κ2) is 8.19. The molecule has 1 aliphatic rings. The van der Waals surface area contributed by atoms with Gasteiger partial charge in [0.1, 0.15) is 6.10 Å². The molecule has 2 unspecified atom stereocenters. The third kappa shape index (κ3) is 5.03. The van der Waals surface area contributed by atoms with Crippen LogP contribution in [0.4, 0.5) is 0 Å². The van der Waals surface area contributed by atoms with Crippen molar-refractivity contribution in [1.82, 2.24) is 4.90 Å². The summed E-state index contributed by atoms with van der Waals surface area (Å²) in [6, 6.07) is 8.85. The quantitative estimate of drug-likeness (QED) is 0.536. The molecule has 0 radical (unpaired) electrons. The highest BCUT2D eigenvalue weighted by atomic mass is 16.5. The molecule has 2 atom stereocenters. The first-order valence-corrected chi connectivity index (χ1v) is 8.35. The fourth-order valence-electron chi connectivity index (χ4n) is 3.13. The third-order valence-corrected chi connectivity index (χ3v) is 4.31. The summed E-state index contributed by atoms with van der Waals surface area (Å²) in [5.74, 6) is 1.73. The number of ether oxygens (including phenoxy) is 1. The van der Waals surface area contributed by atoms with Crippen LogP contribution in [0.15, 0.2) is 48.8 Å². The van der Waals surface area contributed by atoms with Gasteiger partial charge in [0, 0.05) is 13.1 Å². The molecule has 0 saturated carbocycles. The Morgan fingerprint density at radius 3 is 2.77 bits per heavy atom. The van der Waals surface area contributed by atoms with E-state index in [1.807, 2.05) is 13.0 Å². The molecule has 0 N–H and O–H groups in total. The van der Waals surface area contributed by atoms with Gasteiger partial charge in [-0.2, -0.15) is 0 Å². The first-order valence-electron chi connectivity index (χ1n) is 8.35. The Balaban J connectivity index is 1.92. The van der Waals surface area contributed by atoms with Gasteiger partial charge >= 0.3 is 0 Å². The molecule has 1 fully saturated rings. The van der Waals surface area contributed by atoms with Crippen molar-refractivity contribution >= 4 is 0 Å². The van der Waals surface area contributed by atoms with Gasteiger partial charge in [-0.15, -0.1) is 0 Å². The number of hydrogen-bond acceptors (Lipinski definition) is 2. The number of allylic oxidation sites excluding steroid dienone is 3. The summed E-state index contributed by atoms with van der Waals surface area (Å²) < 4.78 is 5.86. The van der Waals surface area contributed by atoms with Crippen LogP contribution in [-0.2, 0) is 11.3 Å². The van der Waals surface area contributed by atoms with Crippen molar-refractivity contribution in [2.24, 2.45) is 5.92 Å². The van der Waals surface area contributed by atoms with E-state index in [-0.39, 0.29) is 6.10 Å². The first-order chi connectivity index (χ1) is 10.6. The lowest BCUT2D eigenvalue weighted by Crippen LogP contribution is -2.33. The average Bonchev–Trinajstić information content (AvgIpc) is 2.48. The Labute approximate surface area is 135 Å². The molecule has 1 heterocycles. The molecule has 1 aromatic rings. The Kier molecular flexibility index (Phi) is 6.26. The largest absolute Gasteiger partial charge is 0.491 e. The van der Waals surface area contributed by atoms with Crippen LogP contribution in [0.1, 0.15) is 50.8 Å². The van der Waals surface area contributed by atoms with Gasteiger partial charge in [-0.3, -0.25) is 4.90 Å². The van der Waals surface area contributed by atoms with Crippen LogP contribution in [0.3, 0.4) is 0 Å². The summed E-state index contributed by atoms with van der Waals surface area (Å²) >= 11 is 0. The Hall–Kier alpha value is -1.54. The molecule has 2 heteroatoms. The monoisotopic (exact) mass is 299 g/mol. The van der Waals surface area contributed by atoms with Crippen molar-refractivity contribution in [2.75, 3.05) is 13.1 Å². The lowest BCUT2D eigenvalue weighted by molar-refractivity contribution is 0.134. The maximum absolute atomic E-state index is 5.86. The van der Waals surface area contributed by atoms with Gasteiger partial charge in [0.2, 0.25) is 0 Å². The van der Waals surface area contributed by atoms with Crippen molar-refractivity contribution in [3.05, 3.63) is 59.9 Å². The molecule has 0 aliphatic carbocycles. The van der Waals surface area contributed by atoms with Gasteiger partial charge in [-0.05, 0) is 56.4 Å². The highest BCUT2D eigenvalue weighted by Crippen LogP contribution is 2.22. The lowest BCUT2D eigenvalue weighted by atomic mass is 9.99. The molecule has 0 amide bonds. The topological polar surface area (TPSA) is 12.5 Å². The van der Waals surface area contributed by atoms with Gasteiger partial charge in [-0.25, -0.2) is 0 Å². The van der Waals surface area contributed by atoms with Gasteiger partial charge in [0.05, 0.1) is 5.76 Å². The molecule has 2 nitrogen and oxygen atoms in total. The zero-order chi connectivity index (χ0) is 15.9. The number of piperidine rings is 1. The minimum absolute atomic E-state index is 0.0697. The van der Waals surface area contributed by atoms with Crippen molar-refractivity contribution in [3.8, 4) is 0 Å². The minimum atomic E-state index is 0.0697. The highest BCUT2D eigenvalue weighted by molar-refractivity contribution is 5.24. The van der Waals surface area contributed by atoms with Crippen LogP contribution in [0, 0.1) is 5.92 Å². The number of likely N-dealkylation sites (tertiary alicyclic amines) is 1. The zero-order valence-electron chi connectivity index (χ0n) is 14.2. The normalized spacial score (nSPS) is 21.4. The fraction of sp³-hybridized carbons (Fsp3) is 0.500. The molecule has 0 aromatic heterocycles. The number of benzene rings is 1. The van der Waals surface area contributed by atoms with Crippen LogP contribution in [0.2, 0.25) is 0 Å². The third-order valence-electron chi connectivity index (χ3n) is 4.31. The molecule has 120 valence electrons. The lowest BCUT2D eigenvalue weighted by Gasteiger charge is -2.30. The van der Waals surface area contributed by atoms with Crippen LogP contribution in [0.5, 0.6) is 0 Å². The van der Waals surface area contributed by atoms with E-state index < -0.39 is 0 Å². The fourth-order valence-corrected chi connectivity index (χ4v) is 3.13. The molecular weight excluding hydrogens is 270 g/mol. The molecule has 0 spiro atoms. The average molecular weight is 299 g/mol. The van der Waals surface area contributed by atoms with E-state index in [1.54, 1.807) is 6.08 Å². The SMILES string of the molecule is C=CC=C(C)OC(C)c1ccc(CN2CCCC(C)C2)cc1. The van der Waals surface area contributed by atoms with Crippen LogP contribution >= 0.6 is 0 Å². The van der Waals surface area contributed by atoms with Gasteiger partial charge < -0.3 is 4.74 Å². The molecule has 2 rings (SSSR count). The summed E-state index contributed by atoms with van der Waals surface area (Å²) in [5, 5.41) is 0. The summed E-state index contributed by atoms with van der Waals surface area (Å²) in [4.78, 5) is 2.57. The Bertz CT molecular complexity index is 503. The number of hydrogen-bond donors (Lipinski definition) is 0. The van der Waals surface area contributed by atoms with E-state index >= 15 is 0 Å². The van der Waals surface area contributed by atoms with Crippen molar-refractivity contribution in [3.63, 3.8) is 0 Å². The summed E-state index contributed by atoms with van der Waals surface area (Å²) in [6.45, 7) is 13.6. The maximum atomic E-state index is 5.86. The second-order valence-corrected chi connectivity index (χ2v) is 6.50. The first kappa shape index (κ1) is 16.8. The minimum Gasteiger partial charge on any atom is -0.491 e. The van der Waals surface area contributed by atoms with Crippen molar-refractivity contribution in [2.45, 2.75) is 46.3 Å². The molecule has 0 bridgehead atoms. The van der Waals surface area contributed by atoms with E-state index in [9.17, 15) is 0 Å². The van der Waals surface area contributed by atoms with Crippen LogP contribution in [-0.4, -0.2) is 18.0 Å². The van der Waals surface area contributed by atoms with Crippen LogP contribution < -0.4 is 0 Å². The Morgan fingerprint density at radius 1 is 1.41 bits per heavy atom. The van der Waals surface area contributed by atoms with E-state index in [0.29, 0.717) is 0 Å². The zero-order valence-corrected chi connectivity index (χ0v) is 14.2. The number of rotatable bonds is 6. The summed E-state index contributed by atoms with van der Waals surface area (Å²) in [5.41, 5.74) is 2.61. The number of nitrogens with zero attached hydrogens (tertiary/aromatic N) is 1. The Morgan fingerprint density at radius 2 is 2.14 bits per heavy atom. The standard InChI is InChI=1S/C20H29NO/c1-5-7-17(3)22-18(4)20-11-9-19(10-12-20)15-21-13-6-8-16(2)14-21/h5,7,9-12,16,18H,1,6,8,13-15H2,2-4H3. The predicted octanol–water partition coefficient (Wildman–Crippen LogP) is 5.09. The second-order valence-electron chi connectivity index (χ2n) is 6.50. The summed E-state index contributed by atoms with van der Waals surface area (Å²) in [6.07, 6.45) is 6.42. The van der Waals surface area contributed by atoms with E-state index in [4.69, 9.17) is 4.74 Å². The van der Waals surface area contributed by atoms with E-state index in [2.05, 4.69) is 49.6 Å². The van der Waals surface area contributed by atoms with E-state index in [0.717, 1.165) is 18.2 Å². The van der Waals surface area contributed by atoms with E-state index in [1.165, 1.54) is 37.1 Å². The predicted molar refractivity (Wildman–Crippen MR) is 93.6 cm³/mol. The molecule has 1 aliphatic heterocycles. The van der Waals surface area contributed by atoms with Crippen molar-refractivity contribution in [1.29, 1.82) is 0 Å². The van der Waals surface area contributed by atoms with Gasteiger partial charge in [-0.1, -0.05) is 43.8 Å². The molecule has 22 heavy (non-hydrogen) atoms. The summed E-state index contributed by atoms with van der Waals surface area (Å²) in [7, 11) is 0. The van der Waals surface area contributed by atoms with Crippen molar-refractivity contribution < 1.29 is 4.74 Å². The maximum Gasteiger partial charge on any atom is 0.120 e. The van der Waals surface area contributed by atoms with Crippen LogP contribution in [0.25, 0.3) is 0 Å². The highest BCUT2D eigenvalue weighted by Gasteiger charge is 2.16. The van der Waals surface area contributed by atoms with Gasteiger partial charge in [0.15, 0.2) is 0 Å². The molecule has 1 saturated heterocycles.